The Labute approximate surface area is 177 Å². The van der Waals surface area contributed by atoms with E-state index in [2.05, 4.69) is 20.1 Å². The topological polar surface area (TPSA) is 99.1 Å². The van der Waals surface area contributed by atoms with Crippen LogP contribution < -0.4 is 5.56 Å². The van der Waals surface area contributed by atoms with E-state index in [9.17, 15) is 9.90 Å². The summed E-state index contributed by atoms with van der Waals surface area (Å²) in [5.74, 6) is 0.0219. The molecule has 0 bridgehead atoms. The molecule has 7 heteroatoms. The number of pyridine rings is 1. The Hall–Kier alpha value is -4.39. The second-order valence-corrected chi connectivity index (χ2v) is 7.25. The zero-order chi connectivity index (χ0) is 21.4. The van der Waals surface area contributed by atoms with Crippen molar-refractivity contribution in [2.45, 2.75) is 6.92 Å². The number of hydrogen-bond donors (Lipinski definition) is 3. The molecule has 0 radical (unpaired) electrons. The lowest BCUT2D eigenvalue weighted by atomic mass is 10.1. The van der Waals surface area contributed by atoms with Gasteiger partial charge in [-0.1, -0.05) is 30.3 Å². The van der Waals surface area contributed by atoms with Gasteiger partial charge in [-0.25, -0.2) is 4.98 Å². The molecule has 0 aliphatic heterocycles. The number of aromatic amines is 2. The largest absolute Gasteiger partial charge is 0.494 e. The molecular weight excluding hydrogens is 390 g/mol. The summed E-state index contributed by atoms with van der Waals surface area (Å²) in [6.07, 6.45) is 3.41. The maximum absolute atomic E-state index is 11.5. The van der Waals surface area contributed by atoms with E-state index in [0.717, 1.165) is 33.6 Å². The summed E-state index contributed by atoms with van der Waals surface area (Å²) in [5.41, 5.74) is 5.43. The first-order valence-electron chi connectivity index (χ1n) is 9.78. The number of nitrogens with zero attached hydrogens (tertiary/aromatic N) is 3. The number of aromatic hydroxyl groups is 1. The van der Waals surface area contributed by atoms with Crippen molar-refractivity contribution in [1.29, 1.82) is 0 Å². The van der Waals surface area contributed by atoms with Gasteiger partial charge in [-0.2, -0.15) is 0 Å². The lowest BCUT2D eigenvalue weighted by Gasteiger charge is -2.05. The SMILES string of the molecule is Cc1cc(=O)[nH]n1-c1ccc(N=Cc2c(O)[nH]c3ncc(-c4ccccc4)cc23)cc1. The normalized spacial score (nSPS) is 11.5. The van der Waals surface area contributed by atoms with Crippen molar-refractivity contribution < 1.29 is 5.11 Å². The number of aryl methyl sites for hydroxylation is 1. The highest BCUT2D eigenvalue weighted by molar-refractivity contribution is 6.02. The molecule has 0 spiro atoms. The number of H-pyrrole nitrogens is 2. The molecule has 7 nitrogen and oxygen atoms in total. The average molecular weight is 409 g/mol. The van der Waals surface area contributed by atoms with Crippen molar-refractivity contribution in [2.75, 3.05) is 0 Å². The third-order valence-electron chi connectivity index (χ3n) is 5.14. The number of nitrogens with one attached hydrogen (secondary N) is 2. The molecule has 152 valence electrons. The van der Waals surface area contributed by atoms with E-state index < -0.39 is 0 Å². The first-order valence-corrected chi connectivity index (χ1v) is 9.78. The molecule has 3 aromatic heterocycles. The van der Waals surface area contributed by atoms with Gasteiger partial charge >= 0.3 is 0 Å². The minimum atomic E-state index is -0.141. The summed E-state index contributed by atoms with van der Waals surface area (Å²) >= 11 is 0. The monoisotopic (exact) mass is 409 g/mol. The zero-order valence-electron chi connectivity index (χ0n) is 16.7. The Bertz CT molecular complexity index is 1460. The molecule has 2 aromatic carbocycles. The van der Waals surface area contributed by atoms with Gasteiger partial charge in [0.05, 0.1) is 16.9 Å². The van der Waals surface area contributed by atoms with Crippen LogP contribution in [0.2, 0.25) is 0 Å². The Morgan fingerprint density at radius 3 is 2.52 bits per heavy atom. The molecular formula is C24H19N5O2. The van der Waals surface area contributed by atoms with E-state index in [-0.39, 0.29) is 11.4 Å². The van der Waals surface area contributed by atoms with E-state index in [0.29, 0.717) is 11.2 Å². The molecule has 0 aliphatic carbocycles. The van der Waals surface area contributed by atoms with Crippen LogP contribution in [-0.4, -0.2) is 31.1 Å². The predicted molar refractivity (Wildman–Crippen MR) is 122 cm³/mol. The standard InChI is InChI=1S/C24H19N5O2/c1-15-11-22(30)28-29(15)19-9-7-18(8-10-19)25-14-21-20-12-17(16-5-3-2-4-6-16)13-26-23(20)27-24(21)31/h2-14,31H,1H3,(H,26,27)(H,28,30). The van der Waals surface area contributed by atoms with Gasteiger partial charge in [0.25, 0.3) is 5.56 Å². The van der Waals surface area contributed by atoms with Gasteiger partial charge in [0, 0.05) is 35.1 Å². The van der Waals surface area contributed by atoms with Crippen molar-refractivity contribution in [3.05, 3.63) is 94.5 Å². The van der Waals surface area contributed by atoms with Crippen molar-refractivity contribution in [3.8, 4) is 22.7 Å². The predicted octanol–water partition coefficient (Wildman–Crippen LogP) is 4.47. The molecule has 0 atom stereocenters. The van der Waals surface area contributed by atoms with E-state index in [1.807, 2.05) is 67.6 Å². The Morgan fingerprint density at radius 2 is 1.81 bits per heavy atom. The first-order chi connectivity index (χ1) is 15.1. The van der Waals surface area contributed by atoms with Crippen molar-refractivity contribution >= 4 is 22.9 Å². The summed E-state index contributed by atoms with van der Waals surface area (Å²) in [7, 11) is 0. The third kappa shape index (κ3) is 3.53. The molecule has 0 saturated carbocycles. The fourth-order valence-corrected chi connectivity index (χ4v) is 3.58. The third-order valence-corrected chi connectivity index (χ3v) is 5.14. The van der Waals surface area contributed by atoms with E-state index in [4.69, 9.17) is 0 Å². The summed E-state index contributed by atoms with van der Waals surface area (Å²) in [5, 5.41) is 13.9. The van der Waals surface area contributed by atoms with Crippen molar-refractivity contribution in [1.82, 2.24) is 19.7 Å². The van der Waals surface area contributed by atoms with Crippen LogP contribution in [0.25, 0.3) is 27.8 Å². The highest BCUT2D eigenvalue weighted by atomic mass is 16.3. The number of aromatic nitrogens is 4. The Balaban J connectivity index is 1.47. The van der Waals surface area contributed by atoms with E-state index in [1.54, 1.807) is 23.2 Å². The lowest BCUT2D eigenvalue weighted by Crippen LogP contribution is -2.03. The minimum Gasteiger partial charge on any atom is -0.494 e. The molecule has 0 fully saturated rings. The molecule has 5 aromatic rings. The summed E-state index contributed by atoms with van der Waals surface area (Å²) in [6, 6.07) is 20.9. The van der Waals surface area contributed by atoms with E-state index in [1.165, 1.54) is 0 Å². The minimum absolute atomic E-state index is 0.0219. The Kier molecular flexibility index (Phi) is 4.48. The molecule has 0 unspecified atom stereocenters. The maximum atomic E-state index is 11.5. The van der Waals surface area contributed by atoms with Gasteiger partial charge < -0.3 is 10.1 Å². The Morgan fingerprint density at radius 1 is 1.03 bits per heavy atom. The number of aliphatic imine (C=N–C) groups is 1. The smallest absolute Gasteiger partial charge is 0.264 e. The van der Waals surface area contributed by atoms with Crippen LogP contribution >= 0.6 is 0 Å². The van der Waals surface area contributed by atoms with Gasteiger partial charge in [-0.3, -0.25) is 19.6 Å². The highest BCUT2D eigenvalue weighted by Crippen LogP contribution is 2.29. The van der Waals surface area contributed by atoms with E-state index >= 15 is 0 Å². The van der Waals surface area contributed by atoms with Crippen LogP contribution in [-0.2, 0) is 0 Å². The van der Waals surface area contributed by atoms with Crippen LogP contribution in [0.5, 0.6) is 5.88 Å². The van der Waals surface area contributed by atoms with Gasteiger partial charge in [-0.05, 0) is 42.8 Å². The maximum Gasteiger partial charge on any atom is 0.264 e. The van der Waals surface area contributed by atoms with Crippen LogP contribution in [0.15, 0.2) is 82.7 Å². The van der Waals surface area contributed by atoms with Crippen LogP contribution in [0.4, 0.5) is 5.69 Å². The van der Waals surface area contributed by atoms with Gasteiger partial charge in [-0.15, -0.1) is 0 Å². The second kappa shape index (κ2) is 7.46. The molecule has 0 amide bonds. The lowest BCUT2D eigenvalue weighted by molar-refractivity contribution is 0.457. The van der Waals surface area contributed by atoms with Gasteiger partial charge in [0.15, 0.2) is 5.88 Å². The van der Waals surface area contributed by atoms with Crippen LogP contribution in [0.1, 0.15) is 11.3 Å². The molecule has 5 rings (SSSR count). The molecule has 3 heterocycles. The fourth-order valence-electron chi connectivity index (χ4n) is 3.58. The second-order valence-electron chi connectivity index (χ2n) is 7.25. The van der Waals surface area contributed by atoms with Crippen molar-refractivity contribution in [2.24, 2.45) is 4.99 Å². The van der Waals surface area contributed by atoms with Crippen molar-refractivity contribution in [3.63, 3.8) is 0 Å². The number of fused-ring (bicyclic) bond motifs is 1. The molecule has 31 heavy (non-hydrogen) atoms. The summed E-state index contributed by atoms with van der Waals surface area (Å²) in [6.45, 7) is 1.86. The fraction of sp³-hybridized carbons (Fsp3) is 0.0417. The molecule has 3 N–H and O–H groups in total. The van der Waals surface area contributed by atoms with Gasteiger partial charge in [0.2, 0.25) is 0 Å². The molecule has 0 saturated heterocycles. The quantitative estimate of drug-likeness (QED) is 0.382. The van der Waals surface area contributed by atoms with Crippen LogP contribution in [0, 0.1) is 6.92 Å². The average Bonchev–Trinajstić information content (AvgIpc) is 3.30. The van der Waals surface area contributed by atoms with Crippen LogP contribution in [0.3, 0.4) is 0 Å². The number of rotatable bonds is 4. The zero-order valence-corrected chi connectivity index (χ0v) is 16.7. The highest BCUT2D eigenvalue weighted by Gasteiger charge is 2.11. The summed E-state index contributed by atoms with van der Waals surface area (Å²) < 4.78 is 1.72. The molecule has 0 aliphatic rings. The van der Waals surface area contributed by atoms with Gasteiger partial charge in [0.1, 0.15) is 5.65 Å². The number of hydrogen-bond acceptors (Lipinski definition) is 4. The number of benzene rings is 2. The summed E-state index contributed by atoms with van der Waals surface area (Å²) in [4.78, 5) is 23.4. The first kappa shape index (κ1) is 18.6.